The molecule has 1 N–H and O–H groups in total. The molecule has 0 spiro atoms. The Balaban J connectivity index is 2.73. The number of benzene rings is 1. The van der Waals surface area contributed by atoms with E-state index >= 15 is 0 Å². The zero-order chi connectivity index (χ0) is 11.3. The van der Waals surface area contributed by atoms with Gasteiger partial charge in [-0.15, -0.1) is 6.58 Å². The van der Waals surface area contributed by atoms with Crippen molar-refractivity contribution in [1.82, 2.24) is 0 Å². The van der Waals surface area contributed by atoms with Crippen molar-refractivity contribution in [3.8, 4) is 0 Å². The lowest BCUT2D eigenvalue weighted by Gasteiger charge is -2.12. The van der Waals surface area contributed by atoms with Crippen molar-refractivity contribution in [3.05, 3.63) is 47.0 Å². The van der Waals surface area contributed by atoms with Gasteiger partial charge in [0.2, 0.25) is 0 Å². The van der Waals surface area contributed by atoms with E-state index in [0.717, 1.165) is 12.1 Å². The van der Waals surface area contributed by atoms with Crippen LogP contribution in [0.25, 0.3) is 0 Å². The number of nitro groups is 1. The molecule has 0 aliphatic heterocycles. The first-order valence-corrected chi connectivity index (χ1v) is 4.75. The Morgan fingerprint density at radius 3 is 3.00 bits per heavy atom. The van der Waals surface area contributed by atoms with E-state index in [1.807, 2.05) is 19.1 Å². The van der Waals surface area contributed by atoms with Crippen molar-refractivity contribution in [3.63, 3.8) is 0 Å². The number of hydrogen-bond acceptors (Lipinski definition) is 3. The monoisotopic (exact) mass is 206 g/mol. The maximum atomic E-state index is 10.5. The Morgan fingerprint density at radius 1 is 1.67 bits per heavy atom. The smallest absolute Gasteiger partial charge is 0.271 e. The van der Waals surface area contributed by atoms with Crippen LogP contribution in [0.2, 0.25) is 0 Å². The molecule has 0 aliphatic carbocycles. The lowest BCUT2D eigenvalue weighted by atomic mass is 10.2. The fraction of sp³-hybridized carbons (Fsp3) is 0.273. The van der Waals surface area contributed by atoms with E-state index in [9.17, 15) is 10.1 Å². The highest BCUT2D eigenvalue weighted by molar-refractivity contribution is 5.51. The number of nitrogens with zero attached hydrogens (tertiary/aromatic N) is 1. The van der Waals surface area contributed by atoms with Gasteiger partial charge in [-0.05, 0) is 19.4 Å². The van der Waals surface area contributed by atoms with Gasteiger partial charge < -0.3 is 5.32 Å². The van der Waals surface area contributed by atoms with E-state index in [1.165, 1.54) is 12.1 Å². The van der Waals surface area contributed by atoms with Gasteiger partial charge in [0, 0.05) is 23.9 Å². The van der Waals surface area contributed by atoms with Gasteiger partial charge in [-0.1, -0.05) is 12.1 Å². The fourth-order valence-corrected chi connectivity index (χ4v) is 1.30. The molecule has 0 radical (unpaired) electrons. The Kier molecular flexibility index (Phi) is 3.85. The van der Waals surface area contributed by atoms with E-state index in [1.54, 1.807) is 6.07 Å². The molecule has 4 heteroatoms. The third-order valence-corrected chi connectivity index (χ3v) is 1.99. The van der Waals surface area contributed by atoms with Crippen LogP contribution in [-0.2, 0) is 0 Å². The van der Waals surface area contributed by atoms with E-state index in [0.29, 0.717) is 0 Å². The van der Waals surface area contributed by atoms with Crippen LogP contribution in [0.15, 0.2) is 36.9 Å². The van der Waals surface area contributed by atoms with Gasteiger partial charge >= 0.3 is 0 Å². The molecule has 0 fully saturated rings. The van der Waals surface area contributed by atoms with E-state index < -0.39 is 4.92 Å². The molecule has 80 valence electrons. The number of non-ortho nitro benzene ring substituents is 1. The minimum absolute atomic E-state index is 0.103. The molecule has 0 bridgehead atoms. The second kappa shape index (κ2) is 5.14. The first-order valence-electron chi connectivity index (χ1n) is 4.75. The van der Waals surface area contributed by atoms with Crippen LogP contribution < -0.4 is 5.32 Å². The highest BCUT2D eigenvalue weighted by atomic mass is 16.6. The standard InChI is InChI=1S/C11H14N2O2/c1-3-5-9(2)12-10-6-4-7-11(8-10)13(14)15/h3-4,6-9,12H,1,5H2,2H3. The van der Waals surface area contributed by atoms with Crippen LogP contribution in [0, 0.1) is 10.1 Å². The number of rotatable bonds is 5. The van der Waals surface area contributed by atoms with E-state index in [2.05, 4.69) is 11.9 Å². The summed E-state index contributed by atoms with van der Waals surface area (Å²) in [5, 5.41) is 13.7. The number of nitrogens with one attached hydrogen (secondary N) is 1. The lowest BCUT2D eigenvalue weighted by molar-refractivity contribution is -0.384. The fourth-order valence-electron chi connectivity index (χ4n) is 1.30. The summed E-state index contributed by atoms with van der Waals surface area (Å²) in [5.41, 5.74) is 0.865. The van der Waals surface area contributed by atoms with Gasteiger partial charge in [0.05, 0.1) is 4.92 Å². The summed E-state index contributed by atoms with van der Waals surface area (Å²) in [6.07, 6.45) is 2.64. The minimum Gasteiger partial charge on any atom is -0.382 e. The summed E-state index contributed by atoms with van der Waals surface area (Å²) in [6, 6.07) is 6.71. The summed E-state index contributed by atoms with van der Waals surface area (Å²) in [6.45, 7) is 5.64. The highest BCUT2D eigenvalue weighted by Crippen LogP contribution is 2.18. The Labute approximate surface area is 88.8 Å². The molecule has 1 atom stereocenters. The van der Waals surface area contributed by atoms with Crippen molar-refractivity contribution in [1.29, 1.82) is 0 Å². The molecule has 1 rings (SSSR count). The SMILES string of the molecule is C=CCC(C)Nc1cccc([N+](=O)[O-])c1. The molecule has 0 amide bonds. The molecule has 0 saturated carbocycles. The minimum atomic E-state index is -0.399. The number of hydrogen-bond donors (Lipinski definition) is 1. The summed E-state index contributed by atoms with van der Waals surface area (Å²) < 4.78 is 0. The van der Waals surface area contributed by atoms with Crippen molar-refractivity contribution in [2.75, 3.05) is 5.32 Å². The average molecular weight is 206 g/mol. The molecular formula is C11H14N2O2. The van der Waals surface area contributed by atoms with Gasteiger partial charge in [0.25, 0.3) is 5.69 Å². The zero-order valence-corrected chi connectivity index (χ0v) is 8.64. The van der Waals surface area contributed by atoms with Crippen molar-refractivity contribution in [2.24, 2.45) is 0 Å². The molecule has 4 nitrogen and oxygen atoms in total. The van der Waals surface area contributed by atoms with Crippen molar-refractivity contribution < 1.29 is 4.92 Å². The van der Waals surface area contributed by atoms with Crippen molar-refractivity contribution >= 4 is 11.4 Å². The molecule has 0 aliphatic rings. The molecule has 15 heavy (non-hydrogen) atoms. The molecule has 0 saturated heterocycles. The quantitative estimate of drug-likeness (QED) is 0.457. The van der Waals surface area contributed by atoms with Crippen LogP contribution in [0.3, 0.4) is 0 Å². The zero-order valence-electron chi connectivity index (χ0n) is 8.64. The summed E-state index contributed by atoms with van der Waals surface area (Å²) in [5.74, 6) is 0. The van der Waals surface area contributed by atoms with Crippen molar-refractivity contribution in [2.45, 2.75) is 19.4 Å². The maximum absolute atomic E-state index is 10.5. The van der Waals surface area contributed by atoms with Gasteiger partial charge in [0.15, 0.2) is 0 Å². The second-order valence-corrected chi connectivity index (χ2v) is 3.38. The largest absolute Gasteiger partial charge is 0.382 e. The Hall–Kier alpha value is -1.84. The number of anilines is 1. The topological polar surface area (TPSA) is 55.2 Å². The summed E-state index contributed by atoms with van der Waals surface area (Å²) in [4.78, 5) is 10.1. The van der Waals surface area contributed by atoms with Crippen LogP contribution in [0.1, 0.15) is 13.3 Å². The lowest BCUT2D eigenvalue weighted by Crippen LogP contribution is -2.13. The van der Waals surface area contributed by atoms with E-state index in [-0.39, 0.29) is 11.7 Å². The Bertz CT molecular complexity index is 363. The second-order valence-electron chi connectivity index (χ2n) is 3.38. The average Bonchev–Trinajstić information content (AvgIpc) is 2.18. The van der Waals surface area contributed by atoms with Crippen LogP contribution >= 0.6 is 0 Å². The van der Waals surface area contributed by atoms with Crippen LogP contribution in [-0.4, -0.2) is 11.0 Å². The van der Waals surface area contributed by atoms with Gasteiger partial charge in [-0.25, -0.2) is 0 Å². The van der Waals surface area contributed by atoms with E-state index in [4.69, 9.17) is 0 Å². The maximum Gasteiger partial charge on any atom is 0.271 e. The normalized spacial score (nSPS) is 11.8. The first-order chi connectivity index (χ1) is 7.13. The van der Waals surface area contributed by atoms with Gasteiger partial charge in [0.1, 0.15) is 0 Å². The van der Waals surface area contributed by atoms with Gasteiger partial charge in [-0.3, -0.25) is 10.1 Å². The Morgan fingerprint density at radius 2 is 2.40 bits per heavy atom. The van der Waals surface area contributed by atoms with Crippen LogP contribution in [0.5, 0.6) is 0 Å². The third-order valence-electron chi connectivity index (χ3n) is 1.99. The van der Waals surface area contributed by atoms with Gasteiger partial charge in [-0.2, -0.15) is 0 Å². The summed E-state index contributed by atoms with van der Waals surface area (Å²) in [7, 11) is 0. The molecular weight excluding hydrogens is 192 g/mol. The van der Waals surface area contributed by atoms with Crippen LogP contribution in [0.4, 0.5) is 11.4 Å². The number of nitro benzene ring substituents is 1. The molecule has 1 unspecified atom stereocenters. The first kappa shape index (κ1) is 11.2. The molecule has 1 aromatic carbocycles. The summed E-state index contributed by atoms with van der Waals surface area (Å²) >= 11 is 0. The molecule has 0 heterocycles. The molecule has 0 aromatic heterocycles. The third kappa shape index (κ3) is 3.42. The molecule has 1 aromatic rings. The predicted octanol–water partition coefficient (Wildman–Crippen LogP) is 2.97. The highest BCUT2D eigenvalue weighted by Gasteiger charge is 2.06. The predicted molar refractivity (Wildman–Crippen MR) is 61.0 cm³/mol.